The summed E-state index contributed by atoms with van der Waals surface area (Å²) in [6.45, 7) is 5.72. The summed E-state index contributed by atoms with van der Waals surface area (Å²) in [7, 11) is 0. The Hall–Kier alpha value is -3.58. The normalized spacial score (nSPS) is 22.1. The molecule has 1 saturated heterocycles. The lowest BCUT2D eigenvalue weighted by Crippen LogP contribution is -2.47. The van der Waals surface area contributed by atoms with Crippen LogP contribution in [0.5, 0.6) is 0 Å². The average Bonchev–Trinajstić information content (AvgIpc) is 3.58. The van der Waals surface area contributed by atoms with Gasteiger partial charge in [0.2, 0.25) is 11.8 Å². The van der Waals surface area contributed by atoms with Crippen LogP contribution in [0.4, 0.5) is 22.0 Å². The molecule has 1 aliphatic carbocycles. The first-order valence-corrected chi connectivity index (χ1v) is 14.7. The van der Waals surface area contributed by atoms with E-state index in [0.29, 0.717) is 29.3 Å². The van der Waals surface area contributed by atoms with Crippen molar-refractivity contribution < 1.29 is 31.5 Å². The molecule has 1 saturated carbocycles. The minimum Gasteiger partial charge on any atom is -0.355 e. The number of hydrogen-bond acceptors (Lipinski definition) is 5. The summed E-state index contributed by atoms with van der Waals surface area (Å²) in [5.41, 5.74) is 2.46. The smallest absolute Gasteiger partial charge is 0.355 e. The predicted octanol–water partition coefficient (Wildman–Crippen LogP) is 5.22. The van der Waals surface area contributed by atoms with E-state index in [2.05, 4.69) is 20.8 Å². The van der Waals surface area contributed by atoms with Crippen molar-refractivity contribution >= 4 is 17.5 Å². The van der Waals surface area contributed by atoms with Crippen LogP contribution in [0.15, 0.2) is 24.5 Å². The van der Waals surface area contributed by atoms with Crippen molar-refractivity contribution in [1.29, 1.82) is 0 Å². The number of imidazole rings is 1. The van der Waals surface area contributed by atoms with Gasteiger partial charge in [0.1, 0.15) is 5.69 Å². The molecule has 3 atom stereocenters. The monoisotopic (exact) mass is 609 g/mol. The third-order valence-corrected chi connectivity index (χ3v) is 8.65. The zero-order valence-electron chi connectivity index (χ0n) is 24.3. The molecule has 5 rings (SSSR count). The van der Waals surface area contributed by atoms with Gasteiger partial charge in [-0.2, -0.15) is 23.4 Å². The van der Waals surface area contributed by atoms with Crippen molar-refractivity contribution in [3.05, 3.63) is 47.2 Å². The van der Waals surface area contributed by atoms with Gasteiger partial charge < -0.3 is 10.6 Å². The topological polar surface area (TPSA) is 106 Å². The summed E-state index contributed by atoms with van der Waals surface area (Å²) in [6.07, 6.45) is -1.80. The molecular formula is C29H36F5N7O2. The molecule has 0 bridgehead atoms. The second-order valence-corrected chi connectivity index (χ2v) is 12.0. The maximum Gasteiger partial charge on any atom is 0.393 e. The van der Waals surface area contributed by atoms with E-state index >= 15 is 0 Å². The molecule has 0 radical (unpaired) electrons. The summed E-state index contributed by atoms with van der Waals surface area (Å²) in [5.74, 6) is -6.50. The molecule has 1 aliphatic heterocycles. The molecule has 2 amide bonds. The fourth-order valence-corrected chi connectivity index (χ4v) is 6.18. The number of nitrogens with zero attached hydrogens (tertiary/aromatic N) is 5. The number of piperidine rings is 1. The second kappa shape index (κ2) is 11.8. The molecule has 3 aromatic rings. The van der Waals surface area contributed by atoms with E-state index in [1.54, 1.807) is 23.0 Å². The van der Waals surface area contributed by atoms with Crippen molar-refractivity contribution in [2.45, 2.75) is 89.9 Å². The number of hydrogen-bond donors (Lipinski definition) is 2. The fraction of sp³-hybridized carbons (Fsp3) is 0.621. The molecule has 2 unspecified atom stereocenters. The van der Waals surface area contributed by atoms with Crippen molar-refractivity contribution in [3.63, 3.8) is 0 Å². The Labute approximate surface area is 245 Å². The summed E-state index contributed by atoms with van der Waals surface area (Å²) < 4.78 is 71.4. The van der Waals surface area contributed by atoms with Gasteiger partial charge in [-0.1, -0.05) is 13.8 Å². The summed E-state index contributed by atoms with van der Waals surface area (Å²) >= 11 is 0. The summed E-state index contributed by atoms with van der Waals surface area (Å²) in [6, 6.07) is 2.69. The lowest BCUT2D eigenvalue weighted by molar-refractivity contribution is -0.183. The van der Waals surface area contributed by atoms with E-state index in [1.165, 1.54) is 10.7 Å². The molecule has 0 spiro atoms. The van der Waals surface area contributed by atoms with Gasteiger partial charge in [0.25, 0.3) is 5.91 Å². The highest BCUT2D eigenvalue weighted by Gasteiger charge is 2.45. The summed E-state index contributed by atoms with van der Waals surface area (Å²) in [5, 5.41) is 14.2. The van der Waals surface area contributed by atoms with E-state index < -0.39 is 48.3 Å². The van der Waals surface area contributed by atoms with Crippen LogP contribution in [0.25, 0.3) is 5.65 Å². The highest BCUT2D eigenvalue weighted by atomic mass is 19.4. The molecular weight excluding hydrogens is 573 g/mol. The first-order chi connectivity index (χ1) is 20.3. The number of halogens is 5. The van der Waals surface area contributed by atoms with Gasteiger partial charge in [-0.15, -0.1) is 0 Å². The van der Waals surface area contributed by atoms with Gasteiger partial charge in [-0.05, 0) is 55.7 Å². The van der Waals surface area contributed by atoms with Crippen LogP contribution in [0.3, 0.4) is 0 Å². The van der Waals surface area contributed by atoms with Crippen LogP contribution < -0.4 is 10.6 Å². The number of aryl methyl sites for hydroxylation is 1. The number of carbonyl (C=O) groups is 2. The molecule has 2 aliphatic rings. The molecule has 234 valence electrons. The van der Waals surface area contributed by atoms with Crippen LogP contribution in [0.2, 0.25) is 0 Å². The van der Waals surface area contributed by atoms with E-state index in [0.717, 1.165) is 5.56 Å². The number of alkyl halides is 5. The third-order valence-electron chi connectivity index (χ3n) is 8.65. The number of fused-ring (bicyclic) bond motifs is 1. The predicted molar refractivity (Wildman–Crippen MR) is 146 cm³/mol. The first-order valence-electron chi connectivity index (χ1n) is 14.7. The first kappa shape index (κ1) is 30.9. The number of rotatable bonds is 8. The number of amides is 2. The largest absolute Gasteiger partial charge is 0.393 e. The highest BCUT2D eigenvalue weighted by molar-refractivity contribution is 5.92. The third kappa shape index (κ3) is 6.67. The van der Waals surface area contributed by atoms with Crippen molar-refractivity contribution in [2.75, 3.05) is 6.54 Å². The van der Waals surface area contributed by atoms with Crippen LogP contribution in [-0.2, 0) is 17.8 Å². The maximum absolute atomic E-state index is 14.1. The van der Waals surface area contributed by atoms with Gasteiger partial charge in [0.15, 0.2) is 5.65 Å². The second-order valence-electron chi connectivity index (χ2n) is 12.0. The standard InChI is InChI=1S/C29H36F5N7O2/c1-4-40-23(7-10-36-40)27(43)38-25(17-5-8-28(30,31)9-6-17)22-15-41-24(37-22)13-20(16(2)3)21(39-41)12-18-11-19(29(32,33)34)14-35-26(18)42/h7,10,13,15-19,25H,4-6,8-9,11-12,14H2,1-3H3,(H,35,42)(H,38,43)/t18?,19-,25?/m1/s1. The zero-order chi connectivity index (χ0) is 31.1. The maximum atomic E-state index is 14.1. The van der Waals surface area contributed by atoms with Gasteiger partial charge in [-0.25, -0.2) is 18.3 Å². The summed E-state index contributed by atoms with van der Waals surface area (Å²) in [4.78, 5) is 30.6. The van der Waals surface area contributed by atoms with Gasteiger partial charge in [0, 0.05) is 44.5 Å². The van der Waals surface area contributed by atoms with Crippen LogP contribution in [0.1, 0.15) is 92.3 Å². The molecule has 0 aromatic carbocycles. The fourth-order valence-electron chi connectivity index (χ4n) is 6.18. The van der Waals surface area contributed by atoms with E-state index in [4.69, 9.17) is 4.98 Å². The molecule has 2 N–H and O–H groups in total. The zero-order valence-corrected chi connectivity index (χ0v) is 24.3. The Morgan fingerprint density at radius 2 is 1.95 bits per heavy atom. The lowest BCUT2D eigenvalue weighted by atomic mass is 9.81. The molecule has 9 nitrogen and oxygen atoms in total. The quantitative estimate of drug-likeness (QED) is 0.341. The molecule has 3 aromatic heterocycles. The van der Waals surface area contributed by atoms with Crippen LogP contribution in [0, 0.1) is 17.8 Å². The average molecular weight is 610 g/mol. The molecule has 14 heteroatoms. The van der Waals surface area contributed by atoms with E-state index in [9.17, 15) is 31.5 Å². The van der Waals surface area contributed by atoms with Crippen molar-refractivity contribution in [3.8, 4) is 0 Å². The van der Waals surface area contributed by atoms with Crippen LogP contribution >= 0.6 is 0 Å². The molecule has 2 fully saturated rings. The van der Waals surface area contributed by atoms with Crippen molar-refractivity contribution in [2.24, 2.45) is 17.8 Å². The molecule has 43 heavy (non-hydrogen) atoms. The van der Waals surface area contributed by atoms with E-state index in [-0.39, 0.29) is 50.4 Å². The van der Waals surface area contributed by atoms with Gasteiger partial charge in [-0.3, -0.25) is 14.3 Å². The lowest BCUT2D eigenvalue weighted by Gasteiger charge is -2.33. The van der Waals surface area contributed by atoms with Gasteiger partial charge in [0.05, 0.1) is 29.5 Å². The van der Waals surface area contributed by atoms with Gasteiger partial charge >= 0.3 is 6.18 Å². The Kier molecular flexibility index (Phi) is 8.50. The Morgan fingerprint density at radius 1 is 1.23 bits per heavy atom. The Bertz CT molecular complexity index is 1470. The minimum atomic E-state index is -4.42. The number of aromatic nitrogens is 5. The number of nitrogens with one attached hydrogen (secondary N) is 2. The Morgan fingerprint density at radius 3 is 2.60 bits per heavy atom. The minimum absolute atomic E-state index is 0.0221. The number of carbonyl (C=O) groups excluding carboxylic acids is 2. The van der Waals surface area contributed by atoms with E-state index in [1.807, 2.05) is 20.8 Å². The van der Waals surface area contributed by atoms with Crippen LogP contribution in [-0.4, -0.2) is 54.8 Å². The SMILES string of the molecule is CCn1nccc1C(=O)NC(c1cn2nc(CC3C[C@@H](C(F)(F)F)CNC3=O)c(C(C)C)cc2n1)C1CCC(F)(F)CC1. The Balaban J connectivity index is 1.48. The molecule has 4 heterocycles. The van der Waals surface area contributed by atoms with Crippen molar-refractivity contribution in [1.82, 2.24) is 35.0 Å². The highest BCUT2D eigenvalue weighted by Crippen LogP contribution is 2.41.